The maximum Gasteiger partial charge on any atom is 0.252 e. The highest BCUT2D eigenvalue weighted by atomic mass is 19.1. The molecule has 0 bridgehead atoms. The molecule has 0 atom stereocenters. The SMILES string of the molecule is Cn1nccc1CNC(=O)c1ccccc1COc1ccc(F)cc1F. The Labute approximate surface area is 149 Å². The molecule has 7 heteroatoms. The molecule has 1 amide bonds. The number of halogens is 2. The second-order valence-corrected chi connectivity index (χ2v) is 5.65. The van der Waals surface area contributed by atoms with Crippen LogP contribution >= 0.6 is 0 Å². The predicted molar refractivity (Wildman–Crippen MR) is 91.5 cm³/mol. The van der Waals surface area contributed by atoms with Crippen molar-refractivity contribution in [2.24, 2.45) is 7.05 Å². The van der Waals surface area contributed by atoms with Crippen molar-refractivity contribution in [1.82, 2.24) is 15.1 Å². The summed E-state index contributed by atoms with van der Waals surface area (Å²) < 4.78 is 33.7. The molecule has 1 N–H and O–H groups in total. The van der Waals surface area contributed by atoms with E-state index >= 15 is 0 Å². The van der Waals surface area contributed by atoms with E-state index in [2.05, 4.69) is 10.4 Å². The van der Waals surface area contributed by atoms with Gasteiger partial charge in [-0.1, -0.05) is 18.2 Å². The predicted octanol–water partition coefficient (Wildman–Crippen LogP) is 3.21. The van der Waals surface area contributed by atoms with Crippen LogP contribution in [0.5, 0.6) is 5.75 Å². The van der Waals surface area contributed by atoms with Crippen molar-refractivity contribution >= 4 is 5.91 Å². The zero-order valence-electron chi connectivity index (χ0n) is 14.1. The van der Waals surface area contributed by atoms with Crippen molar-refractivity contribution in [1.29, 1.82) is 0 Å². The van der Waals surface area contributed by atoms with Crippen molar-refractivity contribution < 1.29 is 18.3 Å². The summed E-state index contributed by atoms with van der Waals surface area (Å²) in [7, 11) is 1.79. The third-order valence-electron chi connectivity index (χ3n) is 3.89. The maximum atomic E-state index is 13.7. The molecule has 0 saturated heterocycles. The Morgan fingerprint density at radius 2 is 2.00 bits per heavy atom. The van der Waals surface area contributed by atoms with E-state index in [1.165, 1.54) is 6.07 Å². The summed E-state index contributed by atoms with van der Waals surface area (Å²) in [6, 6.07) is 11.8. The van der Waals surface area contributed by atoms with Crippen molar-refractivity contribution in [3.05, 3.63) is 83.2 Å². The van der Waals surface area contributed by atoms with Gasteiger partial charge < -0.3 is 10.1 Å². The van der Waals surface area contributed by atoms with Crippen LogP contribution in [-0.4, -0.2) is 15.7 Å². The van der Waals surface area contributed by atoms with Crippen molar-refractivity contribution in [2.45, 2.75) is 13.2 Å². The van der Waals surface area contributed by atoms with Gasteiger partial charge in [-0.05, 0) is 24.3 Å². The van der Waals surface area contributed by atoms with E-state index in [1.54, 1.807) is 42.2 Å². The van der Waals surface area contributed by atoms with Crippen molar-refractivity contribution in [2.75, 3.05) is 0 Å². The molecular formula is C19H17F2N3O2. The minimum atomic E-state index is -0.789. The van der Waals surface area contributed by atoms with Crippen LogP contribution in [0.2, 0.25) is 0 Å². The van der Waals surface area contributed by atoms with E-state index in [9.17, 15) is 13.6 Å². The van der Waals surface area contributed by atoms with Crippen LogP contribution in [0.25, 0.3) is 0 Å². The first-order valence-corrected chi connectivity index (χ1v) is 7.95. The molecule has 0 spiro atoms. The molecule has 0 aliphatic rings. The monoisotopic (exact) mass is 357 g/mol. The highest BCUT2D eigenvalue weighted by Gasteiger charge is 2.13. The Morgan fingerprint density at radius 3 is 2.73 bits per heavy atom. The normalized spacial score (nSPS) is 10.6. The van der Waals surface area contributed by atoms with Gasteiger partial charge in [-0.15, -0.1) is 0 Å². The Morgan fingerprint density at radius 1 is 1.19 bits per heavy atom. The van der Waals surface area contributed by atoms with Crippen molar-refractivity contribution in [3.8, 4) is 5.75 Å². The summed E-state index contributed by atoms with van der Waals surface area (Å²) in [5, 5.41) is 6.87. The number of hydrogen-bond donors (Lipinski definition) is 1. The first kappa shape index (κ1) is 17.6. The molecule has 0 fully saturated rings. The van der Waals surface area contributed by atoms with E-state index in [0.29, 0.717) is 17.7 Å². The summed E-state index contributed by atoms with van der Waals surface area (Å²) in [6.45, 7) is 0.314. The fraction of sp³-hybridized carbons (Fsp3) is 0.158. The topological polar surface area (TPSA) is 56.2 Å². The molecule has 0 aliphatic heterocycles. The summed E-state index contributed by atoms with van der Waals surface area (Å²) in [4.78, 5) is 12.5. The van der Waals surface area contributed by atoms with Gasteiger partial charge in [0, 0.05) is 30.4 Å². The number of rotatable bonds is 6. The van der Waals surface area contributed by atoms with E-state index < -0.39 is 11.6 Å². The number of ether oxygens (including phenoxy) is 1. The van der Waals surface area contributed by atoms with Gasteiger partial charge in [0.2, 0.25) is 0 Å². The van der Waals surface area contributed by atoms with Crippen LogP contribution in [0.1, 0.15) is 21.6 Å². The fourth-order valence-electron chi connectivity index (χ4n) is 2.46. The molecule has 3 rings (SSSR count). The van der Waals surface area contributed by atoms with Crippen LogP contribution in [-0.2, 0) is 20.2 Å². The lowest BCUT2D eigenvalue weighted by Crippen LogP contribution is -2.25. The molecule has 0 unspecified atom stereocenters. The van der Waals surface area contributed by atoms with E-state index in [4.69, 9.17) is 4.74 Å². The number of hydrogen-bond acceptors (Lipinski definition) is 3. The Kier molecular flexibility index (Phi) is 5.26. The first-order chi connectivity index (χ1) is 12.5. The number of nitrogens with zero attached hydrogens (tertiary/aromatic N) is 2. The summed E-state index contributed by atoms with van der Waals surface area (Å²) in [5.41, 5.74) is 1.89. The molecular weight excluding hydrogens is 340 g/mol. The molecule has 0 aliphatic carbocycles. The van der Waals surface area contributed by atoms with Gasteiger partial charge in [0.15, 0.2) is 11.6 Å². The second-order valence-electron chi connectivity index (χ2n) is 5.65. The highest BCUT2D eigenvalue weighted by molar-refractivity contribution is 5.95. The highest BCUT2D eigenvalue weighted by Crippen LogP contribution is 2.20. The van der Waals surface area contributed by atoms with Gasteiger partial charge >= 0.3 is 0 Å². The molecule has 134 valence electrons. The average Bonchev–Trinajstić information content (AvgIpc) is 3.04. The lowest BCUT2D eigenvalue weighted by Gasteiger charge is -2.12. The van der Waals surface area contributed by atoms with Gasteiger partial charge in [-0.2, -0.15) is 5.10 Å². The van der Waals surface area contributed by atoms with Gasteiger partial charge in [-0.25, -0.2) is 8.78 Å². The molecule has 26 heavy (non-hydrogen) atoms. The Balaban J connectivity index is 1.69. The number of aryl methyl sites for hydroxylation is 1. The molecule has 0 radical (unpaired) electrons. The molecule has 1 heterocycles. The smallest absolute Gasteiger partial charge is 0.252 e. The van der Waals surface area contributed by atoms with Crippen molar-refractivity contribution in [3.63, 3.8) is 0 Å². The molecule has 1 aromatic heterocycles. The number of carbonyl (C=O) groups excluding carboxylic acids is 1. The third kappa shape index (κ3) is 4.05. The standard InChI is InChI=1S/C19H17F2N3O2/c1-24-15(8-9-23-24)11-22-19(25)16-5-3-2-4-13(16)12-26-18-7-6-14(20)10-17(18)21/h2-10H,11-12H2,1H3,(H,22,25). The van der Waals surface area contributed by atoms with E-state index in [-0.39, 0.29) is 18.3 Å². The summed E-state index contributed by atoms with van der Waals surface area (Å²) in [5.74, 6) is -1.81. The van der Waals surface area contributed by atoms with E-state index in [1.807, 2.05) is 6.07 Å². The molecule has 3 aromatic rings. The molecule has 2 aromatic carbocycles. The molecule has 5 nitrogen and oxygen atoms in total. The van der Waals surface area contributed by atoms with E-state index in [0.717, 1.165) is 17.8 Å². The zero-order valence-corrected chi connectivity index (χ0v) is 14.1. The number of carbonyl (C=O) groups is 1. The lowest BCUT2D eigenvalue weighted by atomic mass is 10.1. The van der Waals surface area contributed by atoms with Crippen LogP contribution in [0.3, 0.4) is 0 Å². The lowest BCUT2D eigenvalue weighted by molar-refractivity contribution is 0.0947. The van der Waals surface area contributed by atoms with Gasteiger partial charge in [0.05, 0.1) is 12.2 Å². The average molecular weight is 357 g/mol. The quantitative estimate of drug-likeness (QED) is 0.737. The Bertz CT molecular complexity index is 925. The van der Waals surface area contributed by atoms with Crippen LogP contribution in [0.15, 0.2) is 54.7 Å². The summed E-state index contributed by atoms with van der Waals surface area (Å²) >= 11 is 0. The number of amides is 1. The fourth-order valence-corrected chi connectivity index (χ4v) is 2.46. The number of benzene rings is 2. The number of nitrogens with one attached hydrogen (secondary N) is 1. The minimum Gasteiger partial charge on any atom is -0.486 e. The van der Waals surface area contributed by atoms with Crippen LogP contribution in [0, 0.1) is 11.6 Å². The minimum absolute atomic E-state index is 0.0160. The maximum absolute atomic E-state index is 13.7. The zero-order chi connectivity index (χ0) is 18.5. The second kappa shape index (κ2) is 7.77. The largest absolute Gasteiger partial charge is 0.486 e. The summed E-state index contributed by atoms with van der Waals surface area (Å²) in [6.07, 6.45) is 1.65. The van der Waals surface area contributed by atoms with Gasteiger partial charge in [0.1, 0.15) is 12.4 Å². The van der Waals surface area contributed by atoms with Crippen LogP contribution < -0.4 is 10.1 Å². The van der Waals surface area contributed by atoms with Crippen LogP contribution in [0.4, 0.5) is 8.78 Å². The third-order valence-corrected chi connectivity index (χ3v) is 3.89. The first-order valence-electron chi connectivity index (χ1n) is 7.95. The number of aromatic nitrogens is 2. The van der Waals surface area contributed by atoms with Gasteiger partial charge in [-0.3, -0.25) is 9.48 Å². The molecule has 0 saturated carbocycles. The Hall–Kier alpha value is -3.22. The van der Waals surface area contributed by atoms with Gasteiger partial charge in [0.25, 0.3) is 5.91 Å².